The molecule has 0 heterocycles. The molecule has 2 aromatic carbocycles. The molecule has 2 rings (SSSR count). The molecule has 20 heavy (non-hydrogen) atoms. The summed E-state index contributed by atoms with van der Waals surface area (Å²) in [6.45, 7) is 0. The third-order valence-corrected chi connectivity index (χ3v) is 3.20. The quantitative estimate of drug-likeness (QED) is 0.879. The van der Waals surface area contributed by atoms with Gasteiger partial charge in [-0.25, -0.2) is 0 Å². The molecule has 2 unspecified atom stereocenters. The van der Waals surface area contributed by atoms with E-state index in [0.717, 1.165) is 0 Å². The number of rotatable bonds is 5. The van der Waals surface area contributed by atoms with Gasteiger partial charge in [0.2, 0.25) is 0 Å². The van der Waals surface area contributed by atoms with Crippen LogP contribution in [0.2, 0.25) is 0 Å². The number of aliphatic hydroxyl groups excluding tert-OH is 2. The van der Waals surface area contributed by atoms with Gasteiger partial charge in [0, 0.05) is 11.6 Å². The van der Waals surface area contributed by atoms with Crippen molar-refractivity contribution in [3.63, 3.8) is 0 Å². The van der Waals surface area contributed by atoms with Gasteiger partial charge < -0.3 is 19.7 Å². The molecule has 4 heteroatoms. The Hall–Kier alpha value is -2.04. The fourth-order valence-electron chi connectivity index (χ4n) is 2.07. The number of methoxy groups -OCH3 is 2. The van der Waals surface area contributed by atoms with Crippen LogP contribution in [0.15, 0.2) is 48.5 Å². The van der Waals surface area contributed by atoms with Crippen molar-refractivity contribution >= 4 is 0 Å². The molecule has 2 N–H and O–H groups in total. The van der Waals surface area contributed by atoms with Crippen LogP contribution >= 0.6 is 0 Å². The standard InChI is InChI=1S/C16H18O4/c1-19-12-8-9-13(14(10-12)20-2)16(18)15(17)11-6-4-3-5-7-11/h3-10,15-18H,1-2H3. The molecule has 0 amide bonds. The Morgan fingerprint density at radius 1 is 0.850 bits per heavy atom. The zero-order valence-corrected chi connectivity index (χ0v) is 11.5. The first-order valence-corrected chi connectivity index (χ1v) is 6.30. The highest BCUT2D eigenvalue weighted by Crippen LogP contribution is 2.35. The van der Waals surface area contributed by atoms with Crippen molar-refractivity contribution < 1.29 is 19.7 Å². The van der Waals surface area contributed by atoms with E-state index in [0.29, 0.717) is 22.6 Å². The van der Waals surface area contributed by atoms with Crippen LogP contribution in [0.25, 0.3) is 0 Å². The van der Waals surface area contributed by atoms with Crippen molar-refractivity contribution in [1.29, 1.82) is 0 Å². The number of benzene rings is 2. The summed E-state index contributed by atoms with van der Waals surface area (Å²) in [4.78, 5) is 0. The van der Waals surface area contributed by atoms with E-state index < -0.39 is 12.2 Å². The van der Waals surface area contributed by atoms with Gasteiger partial charge in [0.15, 0.2) is 0 Å². The van der Waals surface area contributed by atoms with Crippen molar-refractivity contribution in [2.45, 2.75) is 12.2 Å². The maximum absolute atomic E-state index is 10.3. The van der Waals surface area contributed by atoms with Crippen LogP contribution < -0.4 is 9.47 Å². The first-order chi connectivity index (χ1) is 9.67. The van der Waals surface area contributed by atoms with E-state index in [4.69, 9.17) is 9.47 Å². The molecule has 0 aliphatic carbocycles. The van der Waals surface area contributed by atoms with Gasteiger partial charge in [0.25, 0.3) is 0 Å². The summed E-state index contributed by atoms with van der Waals surface area (Å²) in [6, 6.07) is 14.1. The largest absolute Gasteiger partial charge is 0.497 e. The van der Waals surface area contributed by atoms with E-state index in [1.54, 1.807) is 37.4 Å². The second-order valence-electron chi connectivity index (χ2n) is 4.41. The molecule has 0 radical (unpaired) electrons. The van der Waals surface area contributed by atoms with Crippen LogP contribution in [0, 0.1) is 0 Å². The van der Waals surface area contributed by atoms with Gasteiger partial charge in [0.05, 0.1) is 14.2 Å². The van der Waals surface area contributed by atoms with Crippen LogP contribution in [0.1, 0.15) is 23.3 Å². The van der Waals surface area contributed by atoms with Gasteiger partial charge >= 0.3 is 0 Å². The predicted octanol–water partition coefficient (Wildman–Crippen LogP) is 2.47. The average Bonchev–Trinajstić information content (AvgIpc) is 2.53. The second-order valence-corrected chi connectivity index (χ2v) is 4.41. The van der Waals surface area contributed by atoms with Crippen molar-refractivity contribution in [3.05, 3.63) is 59.7 Å². The normalized spacial score (nSPS) is 13.6. The van der Waals surface area contributed by atoms with Gasteiger partial charge in [-0.1, -0.05) is 30.3 Å². The molecular formula is C16H18O4. The SMILES string of the molecule is COc1ccc(C(O)C(O)c2ccccc2)c(OC)c1. The molecule has 0 saturated carbocycles. The minimum absolute atomic E-state index is 0.479. The van der Waals surface area contributed by atoms with Crippen LogP contribution in [-0.4, -0.2) is 24.4 Å². The highest BCUT2D eigenvalue weighted by atomic mass is 16.5. The number of hydrogen-bond acceptors (Lipinski definition) is 4. The van der Waals surface area contributed by atoms with E-state index in [-0.39, 0.29) is 0 Å². The second kappa shape index (κ2) is 6.41. The van der Waals surface area contributed by atoms with Gasteiger partial charge in [-0.3, -0.25) is 0 Å². The lowest BCUT2D eigenvalue weighted by Crippen LogP contribution is -2.11. The van der Waals surface area contributed by atoms with Crippen LogP contribution in [0.5, 0.6) is 11.5 Å². The van der Waals surface area contributed by atoms with Crippen LogP contribution in [0.4, 0.5) is 0 Å². The fourth-order valence-corrected chi connectivity index (χ4v) is 2.07. The highest BCUT2D eigenvalue weighted by Gasteiger charge is 2.23. The maximum Gasteiger partial charge on any atom is 0.128 e. The van der Waals surface area contributed by atoms with Gasteiger partial charge in [-0.05, 0) is 17.7 Å². The zero-order chi connectivity index (χ0) is 14.5. The van der Waals surface area contributed by atoms with E-state index in [2.05, 4.69) is 0 Å². The van der Waals surface area contributed by atoms with Crippen molar-refractivity contribution in [3.8, 4) is 11.5 Å². The zero-order valence-electron chi connectivity index (χ0n) is 11.5. The Morgan fingerprint density at radius 2 is 1.55 bits per heavy atom. The number of aliphatic hydroxyl groups is 2. The van der Waals surface area contributed by atoms with Crippen molar-refractivity contribution in [2.75, 3.05) is 14.2 Å². The highest BCUT2D eigenvalue weighted by molar-refractivity contribution is 5.43. The van der Waals surface area contributed by atoms with Crippen molar-refractivity contribution in [2.24, 2.45) is 0 Å². The fraction of sp³-hybridized carbons (Fsp3) is 0.250. The average molecular weight is 274 g/mol. The Kier molecular flexibility index (Phi) is 4.61. The molecule has 0 spiro atoms. The van der Waals surface area contributed by atoms with Crippen LogP contribution in [-0.2, 0) is 0 Å². The van der Waals surface area contributed by atoms with Gasteiger partial charge in [-0.2, -0.15) is 0 Å². The summed E-state index contributed by atoms with van der Waals surface area (Å²) in [5, 5.41) is 20.6. The van der Waals surface area contributed by atoms with Gasteiger partial charge in [-0.15, -0.1) is 0 Å². The minimum atomic E-state index is -1.07. The first-order valence-electron chi connectivity index (χ1n) is 6.30. The summed E-state index contributed by atoms with van der Waals surface area (Å²) >= 11 is 0. The molecule has 2 atom stereocenters. The Labute approximate surface area is 118 Å². The van der Waals surface area contributed by atoms with Gasteiger partial charge in [0.1, 0.15) is 23.7 Å². The maximum atomic E-state index is 10.3. The van der Waals surface area contributed by atoms with Crippen molar-refractivity contribution in [1.82, 2.24) is 0 Å². The first kappa shape index (κ1) is 14.4. The summed E-state index contributed by atoms with van der Waals surface area (Å²) < 4.78 is 10.4. The predicted molar refractivity (Wildman–Crippen MR) is 75.9 cm³/mol. The molecule has 0 aliphatic heterocycles. The molecule has 0 aliphatic rings. The molecule has 0 fully saturated rings. The lowest BCUT2D eigenvalue weighted by Gasteiger charge is -2.21. The summed E-state index contributed by atoms with van der Waals surface area (Å²) in [5.41, 5.74) is 1.17. The molecular weight excluding hydrogens is 256 g/mol. The molecule has 2 aromatic rings. The Morgan fingerprint density at radius 3 is 2.15 bits per heavy atom. The van der Waals surface area contributed by atoms with E-state index in [1.165, 1.54) is 7.11 Å². The molecule has 0 bridgehead atoms. The van der Waals surface area contributed by atoms with E-state index >= 15 is 0 Å². The third kappa shape index (κ3) is 2.92. The lowest BCUT2D eigenvalue weighted by atomic mass is 9.97. The Balaban J connectivity index is 2.31. The number of hydrogen-bond donors (Lipinski definition) is 2. The van der Waals surface area contributed by atoms with E-state index in [1.807, 2.05) is 18.2 Å². The molecule has 0 aromatic heterocycles. The monoisotopic (exact) mass is 274 g/mol. The molecule has 0 saturated heterocycles. The van der Waals surface area contributed by atoms with E-state index in [9.17, 15) is 10.2 Å². The lowest BCUT2D eigenvalue weighted by molar-refractivity contribution is 0.0158. The Bertz CT molecular complexity index is 554. The topological polar surface area (TPSA) is 58.9 Å². The molecule has 106 valence electrons. The number of ether oxygens (including phenoxy) is 2. The summed E-state index contributed by atoms with van der Waals surface area (Å²) in [5.74, 6) is 1.11. The molecule has 4 nitrogen and oxygen atoms in total. The third-order valence-electron chi connectivity index (χ3n) is 3.20. The summed E-state index contributed by atoms with van der Waals surface area (Å²) in [6.07, 6.45) is -2.09. The van der Waals surface area contributed by atoms with Crippen LogP contribution in [0.3, 0.4) is 0 Å². The minimum Gasteiger partial charge on any atom is -0.497 e. The smallest absolute Gasteiger partial charge is 0.128 e. The summed E-state index contributed by atoms with van der Waals surface area (Å²) in [7, 11) is 3.07.